The lowest BCUT2D eigenvalue weighted by molar-refractivity contribution is -0.114. The van der Waals surface area contributed by atoms with Crippen LogP contribution >= 0.6 is 46.4 Å². The van der Waals surface area contributed by atoms with E-state index in [0.717, 1.165) is 0 Å². The van der Waals surface area contributed by atoms with E-state index in [1.54, 1.807) is 0 Å². The summed E-state index contributed by atoms with van der Waals surface area (Å²) in [7, 11) is 0. The Morgan fingerprint density at radius 2 is 1.11 bits per heavy atom. The van der Waals surface area contributed by atoms with Crippen LogP contribution in [0.3, 0.4) is 0 Å². The van der Waals surface area contributed by atoms with Crippen molar-refractivity contribution in [2.24, 2.45) is 0 Å². The monoisotopic (exact) mass is 210 g/mol. The van der Waals surface area contributed by atoms with Crippen molar-refractivity contribution < 1.29 is 4.79 Å². The van der Waals surface area contributed by atoms with Gasteiger partial charge < -0.3 is 4.79 Å². The molecule has 0 unspecified atom stereocenters. The third-order valence-electron chi connectivity index (χ3n) is 0. The zero-order chi connectivity index (χ0) is 8.08. The van der Waals surface area contributed by atoms with Gasteiger partial charge in [0.25, 0.3) is 3.25 Å². The second kappa shape index (κ2) is 5.60. The Hall–Kier alpha value is 0.830. The third kappa shape index (κ3) is 598. The molecule has 1 nitrogen and oxygen atoms in total. The number of hydrogen-bond donors (Lipinski definition) is 0. The van der Waals surface area contributed by atoms with E-state index in [1.165, 1.54) is 13.8 Å². The third-order valence-corrected chi connectivity index (χ3v) is 0. The Labute approximate surface area is 74.2 Å². The quantitative estimate of drug-likeness (QED) is 0.563. The summed E-state index contributed by atoms with van der Waals surface area (Å²) >= 11 is 19.3. The smallest absolute Gasteiger partial charge is 0.266 e. The normalized spacial score (nSPS) is 9.56. The van der Waals surface area contributed by atoms with Crippen LogP contribution < -0.4 is 0 Å². The number of rotatable bonds is 0. The van der Waals surface area contributed by atoms with Gasteiger partial charge in [-0.05, 0) is 13.8 Å². The molecule has 0 fully saturated rings. The topological polar surface area (TPSA) is 17.1 Å². The van der Waals surface area contributed by atoms with Crippen molar-refractivity contribution in [1.29, 1.82) is 0 Å². The molecule has 0 aliphatic carbocycles. The molecule has 0 atom stereocenters. The highest BCUT2D eigenvalue weighted by Crippen LogP contribution is 2.29. The maximum atomic E-state index is 9.44. The molecule has 0 aliphatic heterocycles. The van der Waals surface area contributed by atoms with E-state index in [0.29, 0.717) is 0 Å². The molecule has 0 bridgehead atoms. The summed E-state index contributed by atoms with van der Waals surface area (Å²) < 4.78 is -1.61. The van der Waals surface area contributed by atoms with Crippen LogP contribution in [0.4, 0.5) is 0 Å². The Morgan fingerprint density at radius 1 is 1.11 bits per heavy atom. The van der Waals surface area contributed by atoms with Gasteiger partial charge in [-0.2, -0.15) is 0 Å². The molecule has 0 amide bonds. The SMILES string of the molecule is CC(C)=O.ClC(Cl)(Cl)Cl. The second-order valence-corrected chi connectivity index (χ2v) is 4.77. The number of alkyl halides is 4. The summed E-state index contributed by atoms with van der Waals surface area (Å²) in [5, 5.41) is 0. The van der Waals surface area contributed by atoms with Crippen molar-refractivity contribution in [1.82, 2.24) is 0 Å². The van der Waals surface area contributed by atoms with Crippen molar-refractivity contribution in [3.63, 3.8) is 0 Å². The zero-order valence-corrected chi connectivity index (χ0v) is 7.94. The molecule has 56 valence electrons. The first-order chi connectivity index (χ1) is 3.73. The molecule has 0 aromatic heterocycles. The zero-order valence-electron chi connectivity index (χ0n) is 4.92. The number of carbonyl (C=O) groups is 1. The van der Waals surface area contributed by atoms with Crippen LogP contribution in [0.5, 0.6) is 0 Å². The maximum absolute atomic E-state index is 9.44. The Bertz CT molecular complexity index is 75.1. The highest BCUT2D eigenvalue weighted by molar-refractivity contribution is 6.83. The summed E-state index contributed by atoms with van der Waals surface area (Å²) in [5.41, 5.74) is 0. The van der Waals surface area contributed by atoms with Gasteiger partial charge in [-0.3, -0.25) is 0 Å². The Balaban J connectivity index is 0. The van der Waals surface area contributed by atoms with Crippen molar-refractivity contribution in [2.75, 3.05) is 0 Å². The van der Waals surface area contributed by atoms with E-state index in [4.69, 9.17) is 46.4 Å². The first-order valence-electron chi connectivity index (χ1n) is 1.96. The molecule has 0 radical (unpaired) electrons. The van der Waals surface area contributed by atoms with E-state index in [-0.39, 0.29) is 5.78 Å². The fourth-order valence-electron chi connectivity index (χ4n) is 0. The van der Waals surface area contributed by atoms with Crippen LogP contribution in [0.15, 0.2) is 0 Å². The fourth-order valence-corrected chi connectivity index (χ4v) is 0. The highest BCUT2D eigenvalue weighted by Gasteiger charge is 2.11. The molecular weight excluding hydrogens is 206 g/mol. The minimum absolute atomic E-state index is 0.167. The average Bonchev–Trinajstić information content (AvgIpc) is 1.19. The first kappa shape index (κ1) is 12.5. The molecule has 0 spiro atoms. The van der Waals surface area contributed by atoms with E-state index in [2.05, 4.69) is 0 Å². The average molecular weight is 212 g/mol. The van der Waals surface area contributed by atoms with Crippen LogP contribution in [0.25, 0.3) is 0 Å². The van der Waals surface area contributed by atoms with Gasteiger partial charge in [0.15, 0.2) is 0 Å². The minimum atomic E-state index is -1.61. The fraction of sp³-hybridized carbons (Fsp3) is 0.750. The largest absolute Gasteiger partial charge is 0.300 e. The summed E-state index contributed by atoms with van der Waals surface area (Å²) in [6, 6.07) is 0. The van der Waals surface area contributed by atoms with E-state index in [1.807, 2.05) is 0 Å². The second-order valence-electron chi connectivity index (χ2n) is 1.34. The van der Waals surface area contributed by atoms with Crippen molar-refractivity contribution >= 4 is 52.2 Å². The summed E-state index contributed by atoms with van der Waals surface area (Å²) in [4.78, 5) is 9.44. The molecule has 0 saturated heterocycles. The first-order valence-corrected chi connectivity index (χ1v) is 3.47. The van der Waals surface area contributed by atoms with E-state index >= 15 is 0 Å². The van der Waals surface area contributed by atoms with Gasteiger partial charge in [-0.15, -0.1) is 0 Å². The van der Waals surface area contributed by atoms with Gasteiger partial charge >= 0.3 is 0 Å². The Kier molecular flexibility index (Phi) is 7.78. The number of halogens is 4. The Morgan fingerprint density at radius 3 is 1.11 bits per heavy atom. The lowest BCUT2D eigenvalue weighted by atomic mass is 10.6. The summed E-state index contributed by atoms with van der Waals surface area (Å²) in [6.45, 7) is 3.06. The molecule has 0 aromatic rings. The highest BCUT2D eigenvalue weighted by atomic mass is 35.6. The predicted molar refractivity (Wildman–Crippen MR) is 42.5 cm³/mol. The van der Waals surface area contributed by atoms with Gasteiger partial charge in [0, 0.05) is 0 Å². The standard InChI is InChI=1S/C3H6O.CCl4/c1-3(2)4;2-1(3,4)5/h1-2H3;. The maximum Gasteiger partial charge on any atom is 0.266 e. The van der Waals surface area contributed by atoms with Crippen LogP contribution in [-0.4, -0.2) is 9.03 Å². The molecule has 0 N–H and O–H groups in total. The molecule has 0 saturated carbocycles. The molecular formula is C4H6Cl4O. The number of ketones is 1. The molecule has 5 heteroatoms. The predicted octanol–water partition coefficient (Wildman–Crippen LogP) is 3.15. The van der Waals surface area contributed by atoms with Gasteiger partial charge in [-0.1, -0.05) is 46.4 Å². The van der Waals surface area contributed by atoms with Crippen molar-refractivity contribution in [3.8, 4) is 0 Å². The summed E-state index contributed by atoms with van der Waals surface area (Å²) in [5.74, 6) is 0.167. The van der Waals surface area contributed by atoms with Crippen molar-refractivity contribution in [3.05, 3.63) is 0 Å². The van der Waals surface area contributed by atoms with Crippen LogP contribution in [0, 0.1) is 0 Å². The lowest BCUT2D eigenvalue weighted by Gasteiger charge is -1.91. The molecule has 0 aromatic carbocycles. The van der Waals surface area contributed by atoms with Gasteiger partial charge in [0.1, 0.15) is 5.78 Å². The number of carbonyl (C=O) groups excluding carboxylic acids is 1. The van der Waals surface area contributed by atoms with Gasteiger partial charge in [0.05, 0.1) is 0 Å². The van der Waals surface area contributed by atoms with Crippen LogP contribution in [0.2, 0.25) is 0 Å². The number of hydrogen-bond acceptors (Lipinski definition) is 1. The molecule has 0 aliphatic rings. The van der Waals surface area contributed by atoms with Crippen molar-refractivity contribution in [2.45, 2.75) is 17.1 Å². The minimum Gasteiger partial charge on any atom is -0.300 e. The molecule has 9 heavy (non-hydrogen) atoms. The van der Waals surface area contributed by atoms with E-state index in [9.17, 15) is 4.79 Å². The van der Waals surface area contributed by atoms with Crippen LogP contribution in [-0.2, 0) is 4.79 Å². The lowest BCUT2D eigenvalue weighted by Crippen LogP contribution is -1.81. The van der Waals surface area contributed by atoms with E-state index < -0.39 is 3.25 Å². The van der Waals surface area contributed by atoms with Gasteiger partial charge in [-0.25, -0.2) is 0 Å². The molecule has 0 rings (SSSR count). The summed E-state index contributed by atoms with van der Waals surface area (Å²) in [6.07, 6.45) is 0. The molecule has 0 heterocycles. The van der Waals surface area contributed by atoms with Crippen LogP contribution in [0.1, 0.15) is 13.8 Å². The van der Waals surface area contributed by atoms with Gasteiger partial charge in [0.2, 0.25) is 0 Å². The number of Topliss-reactive ketones (excluding diaryl/α,β-unsaturated/α-hetero) is 1.